The third-order valence-corrected chi connectivity index (χ3v) is 6.39. The molecule has 2 saturated heterocycles. The largest absolute Gasteiger partial charge is 0.497 e. The standard InChI is InChI=1S/C20H29FN2O2S/c1-25-17-5-6-18(21)16(13-17)14-23-10-3-7-20(19(23)24)8-11-22(15-20)9-4-12-26-2/h5-6,13H,3-4,7-12,14-15H2,1-2H3/t20-/m1/s1. The molecule has 2 aliphatic rings. The molecular formula is C20H29FN2O2S. The second-order valence-corrected chi connectivity index (χ2v) is 8.43. The van der Waals surface area contributed by atoms with Crippen molar-refractivity contribution in [3.63, 3.8) is 0 Å². The Morgan fingerprint density at radius 2 is 2.15 bits per heavy atom. The van der Waals surface area contributed by atoms with Gasteiger partial charge < -0.3 is 14.5 Å². The van der Waals surface area contributed by atoms with Crippen LogP contribution in [0.1, 0.15) is 31.2 Å². The summed E-state index contributed by atoms with van der Waals surface area (Å²) in [5.74, 6) is 1.72. The number of carbonyl (C=O) groups excluding carboxylic acids is 1. The molecule has 0 radical (unpaired) electrons. The number of methoxy groups -OCH3 is 1. The number of thioether (sulfide) groups is 1. The summed E-state index contributed by atoms with van der Waals surface area (Å²) in [7, 11) is 1.57. The van der Waals surface area contributed by atoms with Crippen LogP contribution in [-0.4, -0.2) is 61.0 Å². The van der Waals surface area contributed by atoms with Crippen molar-refractivity contribution >= 4 is 17.7 Å². The predicted octanol–water partition coefficient (Wildman–Crippen LogP) is 3.40. The number of piperidine rings is 1. The van der Waals surface area contributed by atoms with Gasteiger partial charge in [-0.15, -0.1) is 0 Å². The van der Waals surface area contributed by atoms with Gasteiger partial charge in [0.05, 0.1) is 12.5 Å². The first-order valence-corrected chi connectivity index (χ1v) is 10.8. The summed E-state index contributed by atoms with van der Waals surface area (Å²) in [5, 5.41) is 0. The predicted molar refractivity (Wildman–Crippen MR) is 104 cm³/mol. The highest BCUT2D eigenvalue weighted by Gasteiger charge is 2.48. The van der Waals surface area contributed by atoms with Crippen LogP contribution in [0.15, 0.2) is 18.2 Å². The summed E-state index contributed by atoms with van der Waals surface area (Å²) >= 11 is 1.87. The average Bonchev–Trinajstić information content (AvgIpc) is 3.05. The highest BCUT2D eigenvalue weighted by atomic mass is 32.2. The molecule has 1 amide bonds. The van der Waals surface area contributed by atoms with Gasteiger partial charge in [0.1, 0.15) is 11.6 Å². The Bertz CT molecular complexity index is 642. The first kappa shape index (κ1) is 19.5. The summed E-state index contributed by atoms with van der Waals surface area (Å²) in [5.41, 5.74) is 0.275. The first-order chi connectivity index (χ1) is 12.6. The minimum atomic E-state index is -0.275. The summed E-state index contributed by atoms with van der Waals surface area (Å²) < 4.78 is 19.4. The lowest BCUT2D eigenvalue weighted by Gasteiger charge is -2.39. The van der Waals surface area contributed by atoms with Crippen molar-refractivity contribution in [2.24, 2.45) is 5.41 Å². The molecule has 0 N–H and O–H groups in total. The van der Waals surface area contributed by atoms with Crippen molar-refractivity contribution in [1.29, 1.82) is 0 Å². The van der Waals surface area contributed by atoms with Crippen molar-refractivity contribution in [2.75, 3.05) is 45.3 Å². The van der Waals surface area contributed by atoms with E-state index in [1.165, 1.54) is 18.2 Å². The van der Waals surface area contributed by atoms with Gasteiger partial charge in [-0.05, 0) is 69.0 Å². The lowest BCUT2D eigenvalue weighted by Crippen LogP contribution is -2.49. The number of benzene rings is 1. The van der Waals surface area contributed by atoms with Gasteiger partial charge in [-0.25, -0.2) is 4.39 Å². The minimum absolute atomic E-state index is 0.207. The molecule has 0 unspecified atom stereocenters. The van der Waals surface area contributed by atoms with E-state index in [2.05, 4.69) is 11.2 Å². The second-order valence-electron chi connectivity index (χ2n) is 7.44. The van der Waals surface area contributed by atoms with Crippen LogP contribution in [0.2, 0.25) is 0 Å². The number of halogens is 1. The van der Waals surface area contributed by atoms with E-state index < -0.39 is 0 Å². The Morgan fingerprint density at radius 1 is 1.31 bits per heavy atom. The van der Waals surface area contributed by atoms with Gasteiger partial charge in [-0.1, -0.05) is 0 Å². The van der Waals surface area contributed by atoms with Crippen molar-refractivity contribution in [3.8, 4) is 5.75 Å². The summed E-state index contributed by atoms with van der Waals surface area (Å²) in [6.07, 6.45) is 6.19. The third-order valence-electron chi connectivity index (χ3n) is 5.69. The Morgan fingerprint density at radius 3 is 2.92 bits per heavy atom. The van der Waals surface area contributed by atoms with Crippen LogP contribution in [0.25, 0.3) is 0 Å². The van der Waals surface area contributed by atoms with E-state index >= 15 is 0 Å². The van der Waals surface area contributed by atoms with Crippen LogP contribution in [0.3, 0.4) is 0 Å². The molecular weight excluding hydrogens is 351 g/mol. The third kappa shape index (κ3) is 4.17. The number of rotatable bonds is 7. The average molecular weight is 381 g/mol. The van der Waals surface area contributed by atoms with Crippen LogP contribution < -0.4 is 4.74 Å². The molecule has 1 aromatic carbocycles. The van der Waals surface area contributed by atoms with E-state index in [0.717, 1.165) is 38.9 Å². The molecule has 0 aliphatic carbocycles. The van der Waals surface area contributed by atoms with Crippen molar-refractivity contribution < 1.29 is 13.9 Å². The number of hydrogen-bond acceptors (Lipinski definition) is 4. The number of amides is 1. The quantitative estimate of drug-likeness (QED) is 0.679. The van der Waals surface area contributed by atoms with Gasteiger partial charge in [-0.2, -0.15) is 11.8 Å². The van der Waals surface area contributed by atoms with Crippen LogP contribution in [0.5, 0.6) is 5.75 Å². The van der Waals surface area contributed by atoms with Gasteiger partial charge in [0.2, 0.25) is 5.91 Å². The molecule has 0 bridgehead atoms. The first-order valence-electron chi connectivity index (χ1n) is 9.41. The minimum Gasteiger partial charge on any atom is -0.497 e. The van der Waals surface area contributed by atoms with Gasteiger partial charge in [0.15, 0.2) is 0 Å². The van der Waals surface area contributed by atoms with E-state index in [0.29, 0.717) is 24.4 Å². The number of nitrogens with zero attached hydrogens (tertiary/aromatic N) is 2. The zero-order chi connectivity index (χ0) is 18.6. The molecule has 4 nitrogen and oxygen atoms in total. The molecule has 1 atom stereocenters. The number of carbonyl (C=O) groups is 1. The SMILES string of the molecule is COc1ccc(F)c(CN2CCC[C@]3(CCN(CCCSC)C3)C2=O)c1. The van der Waals surface area contributed by atoms with E-state index in [4.69, 9.17) is 4.74 Å². The maximum atomic E-state index is 14.2. The van der Waals surface area contributed by atoms with Gasteiger partial charge in [-0.3, -0.25) is 4.79 Å². The summed E-state index contributed by atoms with van der Waals surface area (Å²) in [4.78, 5) is 17.5. The molecule has 6 heteroatoms. The molecule has 0 saturated carbocycles. The van der Waals surface area contributed by atoms with Crippen LogP contribution in [0.4, 0.5) is 4.39 Å². The fourth-order valence-corrected chi connectivity index (χ4v) is 4.69. The lowest BCUT2D eigenvalue weighted by atomic mass is 9.78. The number of likely N-dealkylation sites (tertiary alicyclic amines) is 2. The van der Waals surface area contributed by atoms with E-state index in [1.54, 1.807) is 19.2 Å². The molecule has 26 heavy (non-hydrogen) atoms. The molecule has 2 heterocycles. The molecule has 0 aromatic heterocycles. The number of ether oxygens (including phenoxy) is 1. The van der Waals surface area contributed by atoms with E-state index in [-0.39, 0.29) is 17.1 Å². The fourth-order valence-electron chi connectivity index (χ4n) is 4.27. The normalized spacial score (nSPS) is 23.8. The summed E-state index contributed by atoms with van der Waals surface area (Å²) in [6.45, 7) is 3.97. The van der Waals surface area contributed by atoms with Gasteiger partial charge in [0.25, 0.3) is 0 Å². The second kappa shape index (κ2) is 8.61. The zero-order valence-corrected chi connectivity index (χ0v) is 16.6. The topological polar surface area (TPSA) is 32.8 Å². The maximum Gasteiger partial charge on any atom is 0.230 e. The number of hydrogen-bond donors (Lipinski definition) is 0. The van der Waals surface area contributed by atoms with Gasteiger partial charge >= 0.3 is 0 Å². The lowest BCUT2D eigenvalue weighted by molar-refractivity contribution is -0.146. The van der Waals surface area contributed by atoms with Crippen molar-refractivity contribution in [2.45, 2.75) is 32.2 Å². The molecule has 1 spiro atoms. The van der Waals surface area contributed by atoms with Gasteiger partial charge in [0, 0.05) is 25.2 Å². The fraction of sp³-hybridized carbons (Fsp3) is 0.650. The Kier molecular flexibility index (Phi) is 6.46. The van der Waals surface area contributed by atoms with Crippen molar-refractivity contribution in [1.82, 2.24) is 9.80 Å². The molecule has 2 aliphatic heterocycles. The summed E-state index contributed by atoms with van der Waals surface area (Å²) in [6, 6.07) is 4.73. The smallest absolute Gasteiger partial charge is 0.230 e. The molecule has 1 aromatic rings. The molecule has 2 fully saturated rings. The van der Waals surface area contributed by atoms with Crippen LogP contribution in [0, 0.1) is 11.2 Å². The van der Waals surface area contributed by atoms with Crippen LogP contribution in [-0.2, 0) is 11.3 Å². The molecule has 3 rings (SSSR count). The van der Waals surface area contributed by atoms with E-state index in [9.17, 15) is 9.18 Å². The Labute approximate surface area is 160 Å². The van der Waals surface area contributed by atoms with E-state index in [1.807, 2.05) is 16.7 Å². The Balaban J connectivity index is 1.67. The highest BCUT2D eigenvalue weighted by molar-refractivity contribution is 7.98. The van der Waals surface area contributed by atoms with Crippen LogP contribution >= 0.6 is 11.8 Å². The maximum absolute atomic E-state index is 14.2. The monoisotopic (exact) mass is 380 g/mol. The Hall–Kier alpha value is -1.27. The van der Waals surface area contributed by atoms with Crippen molar-refractivity contribution in [3.05, 3.63) is 29.6 Å². The molecule has 144 valence electrons. The highest BCUT2D eigenvalue weighted by Crippen LogP contribution is 2.40. The zero-order valence-electron chi connectivity index (χ0n) is 15.8.